The quantitative estimate of drug-likeness (QED) is 0.478. The zero-order chi connectivity index (χ0) is 22.1. The number of ether oxygens (including phenoxy) is 1. The Hall–Kier alpha value is -3.65. The number of fused-ring (bicyclic) bond motifs is 2. The molecule has 162 valence electrons. The van der Waals surface area contributed by atoms with Gasteiger partial charge in [-0.25, -0.2) is 4.98 Å². The van der Waals surface area contributed by atoms with Gasteiger partial charge in [-0.05, 0) is 29.8 Å². The van der Waals surface area contributed by atoms with Crippen LogP contribution in [0.5, 0.6) is 5.75 Å². The number of amides is 2. The fourth-order valence-corrected chi connectivity index (χ4v) is 4.91. The van der Waals surface area contributed by atoms with Crippen molar-refractivity contribution in [3.8, 4) is 5.75 Å². The molecule has 0 bridgehead atoms. The molecule has 8 heteroatoms. The molecule has 1 aliphatic heterocycles. The number of aromatic nitrogens is 1. The van der Waals surface area contributed by atoms with E-state index in [1.54, 1.807) is 6.07 Å². The van der Waals surface area contributed by atoms with Gasteiger partial charge >= 0.3 is 0 Å². The van der Waals surface area contributed by atoms with Crippen LogP contribution in [0.1, 0.15) is 38.2 Å². The van der Waals surface area contributed by atoms with Gasteiger partial charge in [0.25, 0.3) is 11.8 Å². The standard InChI is InChI=1S/C24H21N3O4S/c1-2-31-19-8-7-15-5-3-4-6-17(15)21(19)23(29)27-11-9-18-20(13-27)32-24(25-18)26-22(28)16-10-12-30-14-16/h3-8,10,12,14H,2,9,11,13H2,1H3,(H,25,26,28). The Kier molecular flexibility index (Phi) is 5.36. The molecule has 2 amide bonds. The summed E-state index contributed by atoms with van der Waals surface area (Å²) in [5, 5.41) is 5.22. The van der Waals surface area contributed by atoms with E-state index in [2.05, 4.69) is 10.3 Å². The molecule has 0 fully saturated rings. The number of nitrogens with one attached hydrogen (secondary N) is 1. The van der Waals surface area contributed by atoms with Crippen LogP contribution in [0.4, 0.5) is 5.13 Å². The van der Waals surface area contributed by atoms with Crippen molar-refractivity contribution in [1.82, 2.24) is 9.88 Å². The minimum atomic E-state index is -0.269. The lowest BCUT2D eigenvalue weighted by molar-refractivity contribution is 0.0734. The van der Waals surface area contributed by atoms with E-state index in [4.69, 9.17) is 9.15 Å². The summed E-state index contributed by atoms with van der Waals surface area (Å²) in [6, 6.07) is 13.3. The number of benzene rings is 2. The van der Waals surface area contributed by atoms with Crippen molar-refractivity contribution >= 4 is 39.1 Å². The second kappa shape index (κ2) is 8.47. The van der Waals surface area contributed by atoms with Gasteiger partial charge in [0.05, 0.1) is 36.2 Å². The van der Waals surface area contributed by atoms with Gasteiger partial charge in [-0.15, -0.1) is 0 Å². The summed E-state index contributed by atoms with van der Waals surface area (Å²) in [5.74, 6) is 0.266. The third kappa shape index (κ3) is 3.73. The molecule has 3 heterocycles. The Morgan fingerprint density at radius 1 is 1.22 bits per heavy atom. The lowest BCUT2D eigenvalue weighted by atomic mass is 10.0. The lowest BCUT2D eigenvalue weighted by Gasteiger charge is -2.27. The van der Waals surface area contributed by atoms with Crippen molar-refractivity contribution in [2.45, 2.75) is 19.9 Å². The van der Waals surface area contributed by atoms with Gasteiger partial charge in [-0.3, -0.25) is 14.9 Å². The number of carbonyl (C=O) groups is 2. The number of furan rings is 1. The number of nitrogens with zero attached hydrogens (tertiary/aromatic N) is 2. The van der Waals surface area contributed by atoms with E-state index in [0.717, 1.165) is 21.3 Å². The number of rotatable bonds is 5. The molecule has 2 aromatic carbocycles. The Balaban J connectivity index is 1.40. The third-order valence-corrected chi connectivity index (χ3v) is 6.42. The zero-order valence-corrected chi connectivity index (χ0v) is 18.3. The molecule has 7 nitrogen and oxygen atoms in total. The summed E-state index contributed by atoms with van der Waals surface area (Å²) >= 11 is 1.40. The summed E-state index contributed by atoms with van der Waals surface area (Å²) in [6.45, 7) is 3.40. The number of thiazole rings is 1. The average Bonchev–Trinajstić information content (AvgIpc) is 3.48. The zero-order valence-electron chi connectivity index (χ0n) is 17.5. The first-order valence-electron chi connectivity index (χ1n) is 10.4. The minimum absolute atomic E-state index is 0.0618. The van der Waals surface area contributed by atoms with E-state index >= 15 is 0 Å². The molecular weight excluding hydrogens is 426 g/mol. The molecule has 5 rings (SSSR count). The molecule has 0 saturated heterocycles. The van der Waals surface area contributed by atoms with Crippen molar-refractivity contribution in [1.29, 1.82) is 0 Å². The van der Waals surface area contributed by atoms with Gasteiger partial charge in [-0.2, -0.15) is 0 Å². The highest BCUT2D eigenvalue weighted by atomic mass is 32.1. The maximum atomic E-state index is 13.6. The summed E-state index contributed by atoms with van der Waals surface area (Å²) in [7, 11) is 0. The molecule has 0 radical (unpaired) electrons. The first-order valence-corrected chi connectivity index (χ1v) is 11.2. The van der Waals surface area contributed by atoms with E-state index in [1.807, 2.05) is 48.2 Å². The molecule has 1 aliphatic rings. The van der Waals surface area contributed by atoms with E-state index in [1.165, 1.54) is 23.9 Å². The van der Waals surface area contributed by atoms with Gasteiger partial charge in [0.15, 0.2) is 5.13 Å². The van der Waals surface area contributed by atoms with E-state index in [9.17, 15) is 9.59 Å². The topological polar surface area (TPSA) is 84.7 Å². The monoisotopic (exact) mass is 447 g/mol. The van der Waals surface area contributed by atoms with Gasteiger partial charge in [0.1, 0.15) is 12.0 Å². The second-order valence-corrected chi connectivity index (χ2v) is 8.51. The molecule has 4 aromatic rings. The molecule has 32 heavy (non-hydrogen) atoms. The fourth-order valence-electron chi connectivity index (χ4n) is 3.89. The molecule has 0 spiro atoms. The van der Waals surface area contributed by atoms with E-state index < -0.39 is 0 Å². The normalized spacial score (nSPS) is 13.1. The molecule has 0 atom stereocenters. The Labute approximate surface area is 188 Å². The number of hydrogen-bond donors (Lipinski definition) is 1. The minimum Gasteiger partial charge on any atom is -0.493 e. The van der Waals surface area contributed by atoms with Crippen LogP contribution in [0.3, 0.4) is 0 Å². The SMILES string of the molecule is CCOc1ccc2ccccc2c1C(=O)N1CCc2nc(NC(=O)c3ccoc3)sc2C1. The molecule has 0 aliphatic carbocycles. The average molecular weight is 448 g/mol. The van der Waals surface area contributed by atoms with Gasteiger partial charge < -0.3 is 14.1 Å². The van der Waals surface area contributed by atoms with Crippen LogP contribution in [-0.2, 0) is 13.0 Å². The Morgan fingerprint density at radius 2 is 2.09 bits per heavy atom. The van der Waals surface area contributed by atoms with E-state index in [0.29, 0.717) is 48.1 Å². The van der Waals surface area contributed by atoms with Crippen molar-refractivity contribution in [3.05, 3.63) is 76.7 Å². The van der Waals surface area contributed by atoms with Crippen LogP contribution < -0.4 is 10.1 Å². The molecule has 2 aromatic heterocycles. The van der Waals surface area contributed by atoms with Crippen LogP contribution >= 0.6 is 11.3 Å². The van der Waals surface area contributed by atoms with Gasteiger partial charge in [0, 0.05) is 17.8 Å². The molecular formula is C24H21N3O4S. The molecule has 0 saturated carbocycles. The first kappa shape index (κ1) is 20.3. The van der Waals surface area contributed by atoms with Crippen molar-refractivity contribution in [2.24, 2.45) is 0 Å². The lowest BCUT2D eigenvalue weighted by Crippen LogP contribution is -2.35. The summed E-state index contributed by atoms with van der Waals surface area (Å²) < 4.78 is 10.8. The van der Waals surface area contributed by atoms with Gasteiger partial charge in [-0.1, -0.05) is 41.7 Å². The van der Waals surface area contributed by atoms with Crippen LogP contribution in [0.15, 0.2) is 59.4 Å². The summed E-state index contributed by atoms with van der Waals surface area (Å²) in [6.07, 6.45) is 3.48. The van der Waals surface area contributed by atoms with Crippen LogP contribution in [0, 0.1) is 0 Å². The number of carbonyl (C=O) groups excluding carboxylic acids is 2. The summed E-state index contributed by atoms with van der Waals surface area (Å²) in [4.78, 5) is 33.3. The van der Waals surface area contributed by atoms with Gasteiger partial charge in [0.2, 0.25) is 0 Å². The smallest absolute Gasteiger partial charge is 0.260 e. The largest absolute Gasteiger partial charge is 0.493 e. The van der Waals surface area contributed by atoms with Crippen molar-refractivity contribution in [2.75, 3.05) is 18.5 Å². The van der Waals surface area contributed by atoms with Crippen molar-refractivity contribution < 1.29 is 18.7 Å². The maximum absolute atomic E-state index is 13.6. The summed E-state index contributed by atoms with van der Waals surface area (Å²) in [5.41, 5.74) is 1.95. The van der Waals surface area contributed by atoms with Crippen LogP contribution in [-0.4, -0.2) is 34.8 Å². The second-order valence-electron chi connectivity index (χ2n) is 7.42. The number of hydrogen-bond acceptors (Lipinski definition) is 6. The van der Waals surface area contributed by atoms with Crippen LogP contribution in [0.25, 0.3) is 10.8 Å². The van der Waals surface area contributed by atoms with Crippen molar-refractivity contribution in [3.63, 3.8) is 0 Å². The molecule has 1 N–H and O–H groups in total. The highest BCUT2D eigenvalue weighted by Crippen LogP contribution is 2.33. The fraction of sp³-hybridized carbons (Fsp3) is 0.208. The van der Waals surface area contributed by atoms with Crippen LogP contribution in [0.2, 0.25) is 0 Å². The van der Waals surface area contributed by atoms with E-state index in [-0.39, 0.29) is 11.8 Å². The Morgan fingerprint density at radius 3 is 2.91 bits per heavy atom. The first-order chi connectivity index (χ1) is 15.6. The third-order valence-electron chi connectivity index (χ3n) is 5.43. The Bertz CT molecular complexity index is 1300. The molecule has 0 unspecified atom stereocenters. The maximum Gasteiger partial charge on any atom is 0.260 e. The highest BCUT2D eigenvalue weighted by Gasteiger charge is 2.28. The highest BCUT2D eigenvalue weighted by molar-refractivity contribution is 7.15. The number of anilines is 1. The predicted molar refractivity (Wildman–Crippen MR) is 122 cm³/mol. The predicted octanol–water partition coefficient (Wildman–Crippen LogP) is 4.74.